The number of para-hydroxylation sites is 3. The minimum atomic E-state index is 0. The predicted molar refractivity (Wildman–Crippen MR) is 170 cm³/mol. The van der Waals surface area contributed by atoms with Crippen molar-refractivity contribution in [2.75, 3.05) is 21.7 Å². The van der Waals surface area contributed by atoms with Crippen molar-refractivity contribution in [1.29, 1.82) is 0 Å². The minimum absolute atomic E-state index is 0. The van der Waals surface area contributed by atoms with E-state index in [4.69, 9.17) is 9.72 Å². The van der Waals surface area contributed by atoms with Crippen LogP contribution in [0.25, 0.3) is 11.1 Å². The molecule has 2 heterocycles. The number of hydrogen-bond acceptors (Lipinski definition) is 5. The number of benzene rings is 5. The monoisotopic (exact) mass is 738 g/mol. The predicted octanol–water partition coefficient (Wildman–Crippen LogP) is 9.32. The molecule has 214 valence electrons. The summed E-state index contributed by atoms with van der Waals surface area (Å²) in [5.74, 6) is 1.98. The van der Waals surface area contributed by atoms with Crippen molar-refractivity contribution in [3.63, 3.8) is 0 Å². The Morgan fingerprint density at radius 3 is 2.19 bits per heavy atom. The van der Waals surface area contributed by atoms with Crippen molar-refractivity contribution in [1.82, 2.24) is 4.98 Å². The number of fused-ring (bicyclic) bond motifs is 1. The van der Waals surface area contributed by atoms with Gasteiger partial charge >= 0.3 is 0 Å². The molecule has 1 aliphatic heterocycles. The van der Waals surface area contributed by atoms with Gasteiger partial charge in [0.15, 0.2) is 0 Å². The van der Waals surface area contributed by atoms with Crippen LogP contribution < -0.4 is 19.4 Å². The standard InChI is InChI=1S/C37H27N4O.Pt/c1-39-27-40(36-22-8-7-21-35(36)39)29-15-11-17-31(25-29)42-32-18-12-16-30(26-32)41(37-23-9-10-24-38-37)34-20-6-5-19-33(34)28-13-3-2-4-14-28;/h2-24,27H,1H3;/q-3;. The summed E-state index contributed by atoms with van der Waals surface area (Å²) in [6.07, 6.45) is 1.80. The molecule has 1 aliphatic rings. The van der Waals surface area contributed by atoms with Gasteiger partial charge in [0.2, 0.25) is 0 Å². The summed E-state index contributed by atoms with van der Waals surface area (Å²) < 4.78 is 6.36. The molecule has 5 aromatic carbocycles. The summed E-state index contributed by atoms with van der Waals surface area (Å²) in [6.45, 7) is 2.06. The first-order valence-corrected chi connectivity index (χ1v) is 13.8. The summed E-state index contributed by atoms with van der Waals surface area (Å²) >= 11 is 0. The first-order valence-electron chi connectivity index (χ1n) is 13.8. The van der Waals surface area contributed by atoms with Gasteiger partial charge in [-0.05, 0) is 42.9 Å². The third-order valence-electron chi connectivity index (χ3n) is 7.14. The van der Waals surface area contributed by atoms with Crippen LogP contribution in [-0.2, 0) is 21.1 Å². The van der Waals surface area contributed by atoms with E-state index in [0.29, 0.717) is 11.5 Å². The Labute approximate surface area is 266 Å². The van der Waals surface area contributed by atoms with Crippen LogP contribution in [0.4, 0.5) is 34.3 Å². The molecule has 7 rings (SSSR count). The smallest absolute Gasteiger partial charge is 0.135 e. The Balaban J connectivity index is 0.00000329. The third-order valence-corrected chi connectivity index (χ3v) is 7.14. The second-order valence-electron chi connectivity index (χ2n) is 9.89. The van der Waals surface area contributed by atoms with E-state index < -0.39 is 0 Å². The number of aromatic nitrogens is 1. The van der Waals surface area contributed by atoms with Gasteiger partial charge in [0.05, 0.1) is 5.69 Å². The molecular weight excluding hydrogens is 712 g/mol. The maximum atomic E-state index is 6.36. The maximum Gasteiger partial charge on any atom is 0.135 e. The topological polar surface area (TPSA) is 31.8 Å². The van der Waals surface area contributed by atoms with Gasteiger partial charge in [-0.1, -0.05) is 72.4 Å². The molecule has 1 aromatic heterocycles. The summed E-state index contributed by atoms with van der Waals surface area (Å²) in [5, 5.41) is 0. The van der Waals surface area contributed by atoms with Crippen molar-refractivity contribution in [2.45, 2.75) is 0 Å². The third kappa shape index (κ3) is 5.77. The van der Waals surface area contributed by atoms with Crippen LogP contribution in [0.3, 0.4) is 0 Å². The molecule has 0 bridgehead atoms. The van der Waals surface area contributed by atoms with Crippen LogP contribution >= 0.6 is 0 Å². The van der Waals surface area contributed by atoms with Crippen LogP contribution in [0.5, 0.6) is 11.5 Å². The molecule has 0 saturated heterocycles. The molecule has 0 aliphatic carbocycles. The van der Waals surface area contributed by atoms with Crippen LogP contribution in [0, 0.1) is 18.8 Å². The summed E-state index contributed by atoms with van der Waals surface area (Å²) in [6, 6.07) is 51.7. The van der Waals surface area contributed by atoms with E-state index in [-0.39, 0.29) is 21.1 Å². The van der Waals surface area contributed by atoms with E-state index in [9.17, 15) is 0 Å². The summed E-state index contributed by atoms with van der Waals surface area (Å²) in [7, 11) is 2.04. The van der Waals surface area contributed by atoms with Crippen LogP contribution in [0.15, 0.2) is 140 Å². The number of ether oxygens (including phenoxy) is 1. The number of anilines is 6. The number of pyridine rings is 1. The van der Waals surface area contributed by atoms with Crippen molar-refractivity contribution in [2.24, 2.45) is 0 Å². The molecule has 0 unspecified atom stereocenters. The zero-order valence-corrected chi connectivity index (χ0v) is 25.6. The quantitative estimate of drug-likeness (QED) is 0.153. The van der Waals surface area contributed by atoms with Crippen LogP contribution in [0.1, 0.15) is 0 Å². The van der Waals surface area contributed by atoms with Crippen molar-refractivity contribution in [3.8, 4) is 22.6 Å². The largest absolute Gasteiger partial charge is 0.509 e. The molecule has 0 fully saturated rings. The van der Waals surface area contributed by atoms with Gasteiger partial charge in [-0.15, -0.1) is 42.1 Å². The number of nitrogens with zero attached hydrogens (tertiary/aromatic N) is 4. The van der Waals surface area contributed by atoms with Crippen LogP contribution in [-0.4, -0.2) is 12.0 Å². The second kappa shape index (κ2) is 12.6. The Hall–Kier alpha value is -4.86. The zero-order valence-electron chi connectivity index (χ0n) is 23.4. The van der Waals surface area contributed by atoms with E-state index in [1.165, 1.54) is 0 Å². The van der Waals surface area contributed by atoms with Gasteiger partial charge in [0.1, 0.15) is 5.82 Å². The Bertz CT molecular complexity index is 1830. The van der Waals surface area contributed by atoms with Gasteiger partial charge < -0.3 is 19.4 Å². The SMILES string of the molecule is CN1[CH-]N(c2[c-]c(Oc3[c-]c(N(c4ccccn4)c4ccccc4-c4ccccc4)ccc3)ccc2)c2ccccc21.[Pt]. The van der Waals surface area contributed by atoms with Gasteiger partial charge in [0, 0.05) is 55.7 Å². The number of hydrogen-bond donors (Lipinski definition) is 0. The molecule has 43 heavy (non-hydrogen) atoms. The van der Waals surface area contributed by atoms with Gasteiger partial charge in [-0.25, -0.2) is 4.98 Å². The fraction of sp³-hybridized carbons (Fsp3) is 0.0270. The molecule has 5 nitrogen and oxygen atoms in total. The zero-order chi connectivity index (χ0) is 28.3. The first kappa shape index (κ1) is 28.3. The second-order valence-corrected chi connectivity index (χ2v) is 9.89. The van der Waals surface area contributed by atoms with Crippen LogP contribution in [0.2, 0.25) is 0 Å². The fourth-order valence-corrected chi connectivity index (χ4v) is 5.23. The Morgan fingerprint density at radius 1 is 0.674 bits per heavy atom. The molecule has 0 N–H and O–H groups in total. The van der Waals surface area contributed by atoms with E-state index in [1.54, 1.807) is 6.20 Å². The van der Waals surface area contributed by atoms with E-state index in [2.05, 4.69) is 88.1 Å². The molecule has 0 amide bonds. The fourth-order valence-electron chi connectivity index (χ4n) is 5.23. The average molecular weight is 739 g/mol. The van der Waals surface area contributed by atoms with Gasteiger partial charge in [-0.3, -0.25) is 0 Å². The normalized spacial score (nSPS) is 11.9. The first-order chi connectivity index (χ1) is 20.7. The van der Waals surface area contributed by atoms with Gasteiger partial charge in [-0.2, -0.15) is 18.8 Å². The molecular formula is C37H27N4OPt-3. The van der Waals surface area contributed by atoms with Crippen molar-refractivity contribution < 1.29 is 25.8 Å². The molecule has 0 atom stereocenters. The van der Waals surface area contributed by atoms with E-state index in [1.807, 2.05) is 85.9 Å². The minimum Gasteiger partial charge on any atom is -0.509 e. The molecule has 0 saturated carbocycles. The number of rotatable bonds is 7. The molecule has 0 radical (unpaired) electrons. The Morgan fingerprint density at radius 2 is 1.37 bits per heavy atom. The molecule has 6 aromatic rings. The average Bonchev–Trinajstić information content (AvgIpc) is 3.39. The molecule has 0 spiro atoms. The van der Waals surface area contributed by atoms with Crippen molar-refractivity contribution in [3.05, 3.63) is 158 Å². The van der Waals surface area contributed by atoms with Gasteiger partial charge in [0.25, 0.3) is 0 Å². The van der Waals surface area contributed by atoms with E-state index >= 15 is 0 Å². The summed E-state index contributed by atoms with van der Waals surface area (Å²) in [5.41, 5.74) is 7.17. The molecule has 6 heteroatoms. The Kier molecular flexibility index (Phi) is 8.26. The van der Waals surface area contributed by atoms with Crippen molar-refractivity contribution >= 4 is 34.3 Å². The summed E-state index contributed by atoms with van der Waals surface area (Å²) in [4.78, 5) is 11.0. The van der Waals surface area contributed by atoms with E-state index in [0.717, 1.165) is 45.4 Å². The maximum absolute atomic E-state index is 6.36.